The number of methoxy groups -OCH3 is 2. The van der Waals surface area contributed by atoms with Crippen molar-refractivity contribution in [2.24, 2.45) is 0 Å². The van der Waals surface area contributed by atoms with Crippen LogP contribution in [0.1, 0.15) is 15.9 Å². The van der Waals surface area contributed by atoms with Crippen molar-refractivity contribution >= 4 is 21.8 Å². The average molecular weight is 430 g/mol. The van der Waals surface area contributed by atoms with E-state index in [1.54, 1.807) is 20.4 Å². The molecule has 0 radical (unpaired) electrons. The Labute approximate surface area is 166 Å². The van der Waals surface area contributed by atoms with E-state index in [0.29, 0.717) is 35.7 Å². The number of aromatic nitrogens is 2. The van der Waals surface area contributed by atoms with Crippen LogP contribution in [0, 0.1) is 0 Å². The second-order valence-corrected chi connectivity index (χ2v) is 6.78. The second kappa shape index (κ2) is 8.73. The first-order valence-electron chi connectivity index (χ1n) is 8.40. The van der Waals surface area contributed by atoms with Gasteiger partial charge in [0.2, 0.25) is 0 Å². The number of ether oxygens (including phenoxy) is 2. The highest BCUT2D eigenvalue weighted by Gasteiger charge is 2.15. The topological polar surface area (TPSA) is 76.2 Å². The van der Waals surface area contributed by atoms with Gasteiger partial charge in [0.05, 0.1) is 31.7 Å². The van der Waals surface area contributed by atoms with Crippen LogP contribution < -0.4 is 14.8 Å². The van der Waals surface area contributed by atoms with E-state index in [2.05, 4.69) is 31.4 Å². The van der Waals surface area contributed by atoms with E-state index in [-0.39, 0.29) is 5.91 Å². The van der Waals surface area contributed by atoms with Gasteiger partial charge in [0.25, 0.3) is 5.91 Å². The number of benzene rings is 2. The van der Waals surface area contributed by atoms with Gasteiger partial charge in [0.1, 0.15) is 0 Å². The van der Waals surface area contributed by atoms with Crippen LogP contribution in [-0.4, -0.2) is 36.9 Å². The molecular formula is C20H20BrN3O3. The van der Waals surface area contributed by atoms with Crippen molar-refractivity contribution in [2.75, 3.05) is 20.8 Å². The molecule has 0 bridgehead atoms. The van der Waals surface area contributed by atoms with Crippen molar-refractivity contribution < 1.29 is 14.3 Å². The highest BCUT2D eigenvalue weighted by molar-refractivity contribution is 9.10. The molecule has 7 heteroatoms. The normalized spacial score (nSPS) is 10.5. The number of amides is 1. The van der Waals surface area contributed by atoms with E-state index in [1.807, 2.05) is 42.5 Å². The van der Waals surface area contributed by atoms with Gasteiger partial charge in [-0.2, -0.15) is 5.10 Å². The minimum Gasteiger partial charge on any atom is -0.493 e. The van der Waals surface area contributed by atoms with Gasteiger partial charge in [0, 0.05) is 16.6 Å². The number of hydrogen-bond acceptors (Lipinski definition) is 4. The van der Waals surface area contributed by atoms with Gasteiger partial charge in [-0.1, -0.05) is 34.1 Å². The van der Waals surface area contributed by atoms with Crippen LogP contribution >= 0.6 is 15.9 Å². The zero-order valence-corrected chi connectivity index (χ0v) is 16.7. The van der Waals surface area contributed by atoms with Crippen molar-refractivity contribution in [3.63, 3.8) is 0 Å². The Bertz CT molecular complexity index is 940. The number of rotatable bonds is 7. The van der Waals surface area contributed by atoms with Gasteiger partial charge in [0.15, 0.2) is 11.5 Å². The number of nitrogens with zero attached hydrogens (tertiary/aromatic N) is 1. The molecule has 3 rings (SSSR count). The fraction of sp³-hybridized carbons (Fsp3) is 0.200. The Hall–Kier alpha value is -2.80. The first kappa shape index (κ1) is 19.0. The third-order valence-electron chi connectivity index (χ3n) is 4.14. The van der Waals surface area contributed by atoms with Gasteiger partial charge in [-0.05, 0) is 36.2 Å². The predicted molar refractivity (Wildman–Crippen MR) is 107 cm³/mol. The van der Waals surface area contributed by atoms with Gasteiger partial charge in [-0.25, -0.2) is 0 Å². The molecule has 2 N–H and O–H groups in total. The third-order valence-corrected chi connectivity index (χ3v) is 4.64. The van der Waals surface area contributed by atoms with Crippen molar-refractivity contribution in [3.05, 3.63) is 64.3 Å². The van der Waals surface area contributed by atoms with Gasteiger partial charge >= 0.3 is 0 Å². The highest BCUT2D eigenvalue weighted by atomic mass is 79.9. The van der Waals surface area contributed by atoms with Gasteiger partial charge in [-0.3, -0.25) is 9.89 Å². The Morgan fingerprint density at radius 1 is 1.15 bits per heavy atom. The quantitative estimate of drug-likeness (QED) is 0.598. The summed E-state index contributed by atoms with van der Waals surface area (Å²) < 4.78 is 11.5. The summed E-state index contributed by atoms with van der Waals surface area (Å²) in [6.45, 7) is 0.497. The number of halogens is 1. The maximum atomic E-state index is 12.6. The van der Waals surface area contributed by atoms with Crippen LogP contribution in [0.25, 0.3) is 11.3 Å². The van der Waals surface area contributed by atoms with Crippen LogP contribution in [-0.2, 0) is 6.42 Å². The molecule has 1 aromatic heterocycles. The van der Waals surface area contributed by atoms with Crippen molar-refractivity contribution in [2.45, 2.75) is 6.42 Å². The van der Waals surface area contributed by atoms with Crippen LogP contribution in [0.2, 0.25) is 0 Å². The van der Waals surface area contributed by atoms with E-state index in [1.165, 1.54) is 0 Å². The number of carbonyl (C=O) groups is 1. The van der Waals surface area contributed by atoms with Crippen LogP contribution in [0.5, 0.6) is 11.5 Å². The molecule has 0 spiro atoms. The highest BCUT2D eigenvalue weighted by Crippen LogP contribution is 2.27. The summed E-state index contributed by atoms with van der Waals surface area (Å²) in [6.07, 6.45) is 2.22. The second-order valence-electron chi connectivity index (χ2n) is 5.86. The standard InChI is InChI=1S/C20H20BrN3O3/c1-26-17-7-6-13(10-18(17)27-2)8-9-22-20(25)16-12-23-24-19(16)14-4-3-5-15(21)11-14/h3-7,10-12H,8-9H2,1-2H3,(H,22,25)(H,23,24). The summed E-state index contributed by atoms with van der Waals surface area (Å²) >= 11 is 3.45. The molecular weight excluding hydrogens is 410 g/mol. The number of carbonyl (C=O) groups excluding carboxylic acids is 1. The van der Waals surface area contributed by atoms with Gasteiger partial charge in [-0.15, -0.1) is 0 Å². The lowest BCUT2D eigenvalue weighted by Gasteiger charge is -2.10. The Kier molecular flexibility index (Phi) is 6.13. The SMILES string of the molecule is COc1ccc(CCNC(=O)c2cn[nH]c2-c2cccc(Br)c2)cc1OC. The largest absolute Gasteiger partial charge is 0.493 e. The lowest BCUT2D eigenvalue weighted by molar-refractivity contribution is 0.0955. The summed E-state index contributed by atoms with van der Waals surface area (Å²) in [4.78, 5) is 12.6. The maximum absolute atomic E-state index is 12.6. The Balaban J connectivity index is 1.65. The molecule has 6 nitrogen and oxygen atoms in total. The summed E-state index contributed by atoms with van der Waals surface area (Å²) in [5.41, 5.74) is 3.15. The molecule has 0 aliphatic heterocycles. The first-order chi connectivity index (χ1) is 13.1. The minimum absolute atomic E-state index is 0.167. The molecule has 0 atom stereocenters. The average Bonchev–Trinajstić information content (AvgIpc) is 3.17. The number of aromatic amines is 1. The molecule has 0 aliphatic rings. The zero-order chi connectivity index (χ0) is 19.2. The van der Waals surface area contributed by atoms with Crippen molar-refractivity contribution in [1.29, 1.82) is 0 Å². The summed E-state index contributed by atoms with van der Waals surface area (Å²) in [6, 6.07) is 13.4. The number of H-pyrrole nitrogens is 1. The van der Waals surface area contributed by atoms with Crippen LogP contribution in [0.4, 0.5) is 0 Å². The fourth-order valence-electron chi connectivity index (χ4n) is 2.77. The Morgan fingerprint density at radius 3 is 2.70 bits per heavy atom. The molecule has 3 aromatic rings. The fourth-order valence-corrected chi connectivity index (χ4v) is 3.17. The van der Waals surface area contributed by atoms with E-state index in [9.17, 15) is 4.79 Å². The molecule has 0 saturated carbocycles. The van der Waals surface area contributed by atoms with Crippen molar-refractivity contribution in [1.82, 2.24) is 15.5 Å². The molecule has 0 aliphatic carbocycles. The minimum atomic E-state index is -0.167. The molecule has 0 unspecified atom stereocenters. The van der Waals surface area contributed by atoms with E-state index >= 15 is 0 Å². The number of hydrogen-bond donors (Lipinski definition) is 2. The third kappa shape index (κ3) is 4.49. The van der Waals surface area contributed by atoms with Crippen LogP contribution in [0.3, 0.4) is 0 Å². The van der Waals surface area contributed by atoms with E-state index in [0.717, 1.165) is 15.6 Å². The summed E-state index contributed by atoms with van der Waals surface area (Å²) in [7, 11) is 3.21. The monoisotopic (exact) mass is 429 g/mol. The molecule has 1 heterocycles. The predicted octanol–water partition coefficient (Wildman–Crippen LogP) is 3.83. The van der Waals surface area contributed by atoms with Crippen molar-refractivity contribution in [3.8, 4) is 22.8 Å². The first-order valence-corrected chi connectivity index (χ1v) is 9.20. The molecule has 0 saturated heterocycles. The van der Waals surface area contributed by atoms with E-state index < -0.39 is 0 Å². The van der Waals surface area contributed by atoms with E-state index in [4.69, 9.17) is 9.47 Å². The molecule has 0 fully saturated rings. The maximum Gasteiger partial charge on any atom is 0.255 e. The molecule has 2 aromatic carbocycles. The summed E-state index contributed by atoms with van der Waals surface area (Å²) in [5, 5.41) is 9.87. The smallest absolute Gasteiger partial charge is 0.255 e. The molecule has 1 amide bonds. The Morgan fingerprint density at radius 2 is 1.96 bits per heavy atom. The van der Waals surface area contributed by atoms with Crippen LogP contribution in [0.15, 0.2) is 53.1 Å². The zero-order valence-electron chi connectivity index (χ0n) is 15.1. The molecule has 27 heavy (non-hydrogen) atoms. The lowest BCUT2D eigenvalue weighted by atomic mass is 10.1. The molecule has 140 valence electrons. The number of nitrogens with one attached hydrogen (secondary N) is 2. The van der Waals surface area contributed by atoms with Gasteiger partial charge < -0.3 is 14.8 Å². The summed E-state index contributed by atoms with van der Waals surface area (Å²) in [5.74, 6) is 1.19. The lowest BCUT2D eigenvalue weighted by Crippen LogP contribution is -2.25.